The minimum atomic E-state index is -0.924. The molecule has 1 aromatic carbocycles. The molecule has 0 radical (unpaired) electrons. The maximum Gasteiger partial charge on any atom is 0.171 e. The second kappa shape index (κ2) is 4.42. The van der Waals surface area contributed by atoms with Crippen LogP contribution in [0.15, 0.2) is 30.3 Å². The molecule has 4 bridgehead atoms. The number of aliphatic hydroxyl groups is 1. The highest BCUT2D eigenvalue weighted by Crippen LogP contribution is 2.61. The van der Waals surface area contributed by atoms with Crippen molar-refractivity contribution < 1.29 is 9.90 Å². The van der Waals surface area contributed by atoms with Crippen molar-refractivity contribution in [1.82, 2.24) is 0 Å². The predicted octanol–water partition coefficient (Wildman–Crippen LogP) is 3.51. The summed E-state index contributed by atoms with van der Waals surface area (Å²) in [6, 6.07) is 9.44. The molecule has 0 saturated heterocycles. The van der Waals surface area contributed by atoms with Gasteiger partial charge in [-0.05, 0) is 61.8 Å². The highest BCUT2D eigenvalue weighted by Gasteiger charge is 2.55. The number of carbonyl (C=O) groups excluding carboxylic acids is 1. The fourth-order valence-corrected chi connectivity index (χ4v) is 5.49. The van der Waals surface area contributed by atoms with Crippen LogP contribution < -0.4 is 0 Å². The van der Waals surface area contributed by atoms with Crippen molar-refractivity contribution in [3.8, 4) is 0 Å². The summed E-state index contributed by atoms with van der Waals surface area (Å²) in [6.07, 6.45) is 6.15. The van der Waals surface area contributed by atoms with Crippen molar-refractivity contribution in [3.63, 3.8) is 0 Å². The molecule has 1 N–H and O–H groups in total. The summed E-state index contributed by atoms with van der Waals surface area (Å²) in [4.78, 5) is 12.9. The molecule has 20 heavy (non-hydrogen) atoms. The van der Waals surface area contributed by atoms with E-state index in [9.17, 15) is 9.90 Å². The topological polar surface area (TPSA) is 37.3 Å². The number of rotatable bonds is 3. The van der Waals surface area contributed by atoms with E-state index in [1.807, 2.05) is 30.3 Å². The quantitative estimate of drug-likeness (QED) is 0.912. The second-order valence-corrected chi connectivity index (χ2v) is 7.38. The van der Waals surface area contributed by atoms with E-state index in [2.05, 4.69) is 0 Å². The van der Waals surface area contributed by atoms with Crippen LogP contribution in [0.25, 0.3) is 0 Å². The van der Waals surface area contributed by atoms with E-state index in [0.717, 1.165) is 42.6 Å². The Morgan fingerprint density at radius 3 is 2.00 bits per heavy atom. The van der Waals surface area contributed by atoms with E-state index >= 15 is 0 Å². The highest BCUT2D eigenvalue weighted by molar-refractivity contribution is 5.90. The van der Waals surface area contributed by atoms with Crippen LogP contribution >= 0.6 is 0 Å². The molecule has 2 heteroatoms. The molecule has 106 valence electrons. The first-order valence-electron chi connectivity index (χ1n) is 7.94. The Morgan fingerprint density at radius 1 is 1.00 bits per heavy atom. The zero-order valence-corrected chi connectivity index (χ0v) is 11.8. The minimum Gasteiger partial charge on any atom is -0.381 e. The highest BCUT2D eigenvalue weighted by atomic mass is 16.3. The number of carbonyl (C=O) groups is 1. The molecule has 1 atom stereocenters. The van der Waals surface area contributed by atoms with Crippen LogP contribution in [-0.4, -0.2) is 10.9 Å². The van der Waals surface area contributed by atoms with Crippen molar-refractivity contribution in [2.75, 3.05) is 0 Å². The average molecular weight is 270 g/mol. The van der Waals surface area contributed by atoms with E-state index in [1.54, 1.807) is 0 Å². The van der Waals surface area contributed by atoms with Gasteiger partial charge in [-0.25, -0.2) is 0 Å². The summed E-state index contributed by atoms with van der Waals surface area (Å²) in [6.45, 7) is 0. The zero-order chi connectivity index (χ0) is 13.7. The Kier molecular flexibility index (Phi) is 2.78. The molecule has 2 nitrogen and oxygen atoms in total. The molecular formula is C18H22O2. The van der Waals surface area contributed by atoms with Gasteiger partial charge >= 0.3 is 0 Å². The number of Topliss-reactive ketones (excluding diaryl/α,β-unsaturated/α-hetero) is 1. The summed E-state index contributed by atoms with van der Waals surface area (Å²) in [5.74, 6) is 2.33. The molecule has 4 aliphatic rings. The van der Waals surface area contributed by atoms with Gasteiger partial charge in [-0.1, -0.05) is 30.3 Å². The molecule has 0 aliphatic heterocycles. The smallest absolute Gasteiger partial charge is 0.171 e. The van der Waals surface area contributed by atoms with Gasteiger partial charge in [0.05, 0.1) is 0 Å². The van der Waals surface area contributed by atoms with Gasteiger partial charge in [0.2, 0.25) is 0 Å². The number of benzene rings is 1. The van der Waals surface area contributed by atoms with E-state index in [0.29, 0.717) is 0 Å². The lowest BCUT2D eigenvalue weighted by molar-refractivity contribution is -0.153. The maximum absolute atomic E-state index is 12.9. The third-order valence-corrected chi connectivity index (χ3v) is 5.92. The van der Waals surface area contributed by atoms with Crippen LogP contribution in [0.1, 0.15) is 50.2 Å². The molecule has 4 aliphatic carbocycles. The molecular weight excluding hydrogens is 248 g/mol. The largest absolute Gasteiger partial charge is 0.381 e. The van der Waals surface area contributed by atoms with Crippen molar-refractivity contribution in [1.29, 1.82) is 0 Å². The predicted molar refractivity (Wildman–Crippen MR) is 77.0 cm³/mol. The second-order valence-electron chi connectivity index (χ2n) is 7.38. The lowest BCUT2D eigenvalue weighted by atomic mass is 9.48. The summed E-state index contributed by atoms with van der Waals surface area (Å²) < 4.78 is 0. The van der Waals surface area contributed by atoms with Crippen LogP contribution in [0.3, 0.4) is 0 Å². The van der Waals surface area contributed by atoms with Crippen LogP contribution in [0, 0.1) is 23.2 Å². The Balaban J connectivity index is 1.62. The first kappa shape index (κ1) is 12.6. The zero-order valence-electron chi connectivity index (χ0n) is 11.8. The minimum absolute atomic E-state index is 0.0998. The Hall–Kier alpha value is -1.15. The van der Waals surface area contributed by atoms with E-state index < -0.39 is 6.10 Å². The third kappa shape index (κ3) is 1.85. The average Bonchev–Trinajstić information content (AvgIpc) is 2.45. The number of hydrogen-bond acceptors (Lipinski definition) is 2. The molecule has 5 rings (SSSR count). The summed E-state index contributed by atoms with van der Waals surface area (Å²) >= 11 is 0. The Bertz CT molecular complexity index is 484. The Labute approximate surface area is 120 Å². The van der Waals surface area contributed by atoms with Gasteiger partial charge in [0.25, 0.3) is 0 Å². The van der Waals surface area contributed by atoms with E-state index in [4.69, 9.17) is 0 Å². The number of hydrogen-bond donors (Lipinski definition) is 1. The number of aliphatic hydroxyl groups excluding tert-OH is 1. The molecule has 4 fully saturated rings. The molecule has 4 saturated carbocycles. The fraction of sp³-hybridized carbons (Fsp3) is 0.611. The summed E-state index contributed by atoms with van der Waals surface area (Å²) in [5.41, 5.74) is 0.553. The van der Waals surface area contributed by atoms with Crippen molar-refractivity contribution >= 4 is 5.78 Å². The summed E-state index contributed by atoms with van der Waals surface area (Å²) in [7, 11) is 0. The van der Waals surface area contributed by atoms with E-state index in [-0.39, 0.29) is 11.2 Å². The molecule has 0 heterocycles. The Morgan fingerprint density at radius 2 is 1.50 bits per heavy atom. The lowest BCUT2D eigenvalue weighted by Crippen LogP contribution is -2.51. The van der Waals surface area contributed by atoms with Gasteiger partial charge in [0, 0.05) is 5.41 Å². The third-order valence-electron chi connectivity index (χ3n) is 5.92. The van der Waals surface area contributed by atoms with Gasteiger partial charge in [0.1, 0.15) is 6.10 Å². The molecule has 0 amide bonds. The first-order chi connectivity index (χ1) is 9.66. The van der Waals surface area contributed by atoms with Crippen molar-refractivity contribution in [2.24, 2.45) is 23.2 Å². The lowest BCUT2D eigenvalue weighted by Gasteiger charge is -2.56. The maximum atomic E-state index is 12.9. The van der Waals surface area contributed by atoms with Crippen LogP contribution in [-0.2, 0) is 4.79 Å². The van der Waals surface area contributed by atoms with Gasteiger partial charge < -0.3 is 5.11 Å². The monoisotopic (exact) mass is 270 g/mol. The SMILES string of the molecule is O=C(C(O)c1ccccc1)C12CC3CC(CC(C3)C1)C2. The van der Waals surface area contributed by atoms with Crippen molar-refractivity contribution in [2.45, 2.75) is 44.6 Å². The van der Waals surface area contributed by atoms with Crippen LogP contribution in [0.2, 0.25) is 0 Å². The molecule has 1 aromatic rings. The summed E-state index contributed by atoms with van der Waals surface area (Å²) in [5, 5.41) is 10.5. The number of ketones is 1. The van der Waals surface area contributed by atoms with Gasteiger partial charge in [-0.3, -0.25) is 4.79 Å². The van der Waals surface area contributed by atoms with Gasteiger partial charge in [0.15, 0.2) is 5.78 Å². The first-order valence-corrected chi connectivity index (χ1v) is 7.94. The molecule has 1 unspecified atom stereocenters. The molecule has 0 spiro atoms. The van der Waals surface area contributed by atoms with Gasteiger partial charge in [-0.2, -0.15) is 0 Å². The van der Waals surface area contributed by atoms with Crippen molar-refractivity contribution in [3.05, 3.63) is 35.9 Å². The van der Waals surface area contributed by atoms with Crippen LogP contribution in [0.5, 0.6) is 0 Å². The fourth-order valence-electron chi connectivity index (χ4n) is 5.49. The standard InChI is InChI=1S/C18H22O2/c19-16(15-4-2-1-3-5-15)17(20)18-9-12-6-13(10-18)8-14(7-12)11-18/h1-5,12-14,16,19H,6-11H2. The van der Waals surface area contributed by atoms with Gasteiger partial charge in [-0.15, -0.1) is 0 Å². The molecule has 0 aromatic heterocycles. The van der Waals surface area contributed by atoms with Crippen LogP contribution in [0.4, 0.5) is 0 Å². The van der Waals surface area contributed by atoms with E-state index in [1.165, 1.54) is 19.3 Å². The normalized spacial score (nSPS) is 39.8.